The Kier molecular flexibility index (Phi) is 4.42. The Bertz CT molecular complexity index is 515. The van der Waals surface area contributed by atoms with E-state index in [-0.39, 0.29) is 11.6 Å². The summed E-state index contributed by atoms with van der Waals surface area (Å²) in [5.74, 6) is -1.46. The molecule has 5 nitrogen and oxygen atoms in total. The van der Waals surface area contributed by atoms with Crippen molar-refractivity contribution in [1.29, 1.82) is 0 Å². The molecule has 0 saturated heterocycles. The van der Waals surface area contributed by atoms with Crippen LogP contribution in [-0.4, -0.2) is 34.0 Å². The first-order chi connectivity index (χ1) is 8.71. The van der Waals surface area contributed by atoms with Gasteiger partial charge in [0.15, 0.2) is 0 Å². The lowest BCUT2D eigenvalue weighted by molar-refractivity contribution is -0.147. The standard InChI is InChI=1S/C13H17ClN2O3/c1-4-16(13(2,3)12(18)19)11(17)8-5-6-10(15)9(14)7-8/h5-7H,4,15H2,1-3H3,(H,18,19). The zero-order valence-corrected chi connectivity index (χ0v) is 11.9. The number of nitrogens with two attached hydrogens (primary N) is 1. The molecule has 0 atom stereocenters. The van der Waals surface area contributed by atoms with Crippen molar-refractivity contribution >= 4 is 29.2 Å². The zero-order chi connectivity index (χ0) is 14.8. The average molecular weight is 285 g/mol. The van der Waals surface area contributed by atoms with Gasteiger partial charge in [-0.2, -0.15) is 0 Å². The summed E-state index contributed by atoms with van der Waals surface area (Å²) in [6.07, 6.45) is 0. The molecule has 0 aliphatic rings. The number of likely N-dealkylation sites (N-methyl/N-ethyl adjacent to an activating group) is 1. The van der Waals surface area contributed by atoms with Gasteiger partial charge in [-0.1, -0.05) is 11.6 Å². The molecule has 6 heteroatoms. The fourth-order valence-electron chi connectivity index (χ4n) is 1.72. The van der Waals surface area contributed by atoms with Crippen molar-refractivity contribution in [1.82, 2.24) is 4.90 Å². The average Bonchev–Trinajstić information content (AvgIpc) is 2.32. The van der Waals surface area contributed by atoms with Gasteiger partial charge in [0.05, 0.1) is 10.7 Å². The molecule has 0 aliphatic heterocycles. The SMILES string of the molecule is CCN(C(=O)c1ccc(N)c(Cl)c1)C(C)(C)C(=O)O. The van der Waals surface area contributed by atoms with Crippen LogP contribution in [0.5, 0.6) is 0 Å². The number of carbonyl (C=O) groups is 2. The van der Waals surface area contributed by atoms with E-state index in [2.05, 4.69) is 0 Å². The Hall–Kier alpha value is -1.75. The summed E-state index contributed by atoms with van der Waals surface area (Å²) in [4.78, 5) is 24.9. The lowest BCUT2D eigenvalue weighted by Crippen LogP contribution is -2.52. The van der Waals surface area contributed by atoms with E-state index < -0.39 is 17.4 Å². The van der Waals surface area contributed by atoms with E-state index in [4.69, 9.17) is 17.3 Å². The van der Waals surface area contributed by atoms with E-state index >= 15 is 0 Å². The molecule has 0 fully saturated rings. The molecule has 1 amide bonds. The molecule has 0 saturated carbocycles. The number of rotatable bonds is 4. The van der Waals surface area contributed by atoms with Gasteiger partial charge in [-0.05, 0) is 39.0 Å². The lowest BCUT2D eigenvalue weighted by atomic mass is 10.0. The minimum Gasteiger partial charge on any atom is -0.480 e. The van der Waals surface area contributed by atoms with E-state index in [1.54, 1.807) is 6.92 Å². The van der Waals surface area contributed by atoms with Gasteiger partial charge in [-0.25, -0.2) is 4.79 Å². The molecule has 0 radical (unpaired) electrons. The number of benzene rings is 1. The third-order valence-electron chi connectivity index (χ3n) is 3.01. The molecule has 104 valence electrons. The Labute approximate surface area is 117 Å². The maximum absolute atomic E-state index is 12.4. The molecule has 19 heavy (non-hydrogen) atoms. The number of anilines is 1. The summed E-state index contributed by atoms with van der Waals surface area (Å²) >= 11 is 5.87. The van der Waals surface area contributed by atoms with Crippen LogP contribution in [0, 0.1) is 0 Å². The van der Waals surface area contributed by atoms with Crippen LogP contribution in [0.2, 0.25) is 5.02 Å². The second-order valence-corrected chi connectivity index (χ2v) is 5.06. The van der Waals surface area contributed by atoms with Gasteiger partial charge < -0.3 is 15.7 Å². The first kappa shape index (κ1) is 15.3. The second-order valence-electron chi connectivity index (χ2n) is 4.65. The molecule has 1 aromatic carbocycles. The number of carboxylic acid groups (broad SMARTS) is 1. The molecule has 0 aromatic heterocycles. The number of hydrogen-bond donors (Lipinski definition) is 2. The van der Waals surface area contributed by atoms with Crippen molar-refractivity contribution in [2.45, 2.75) is 26.3 Å². The van der Waals surface area contributed by atoms with Crippen molar-refractivity contribution in [3.63, 3.8) is 0 Å². The van der Waals surface area contributed by atoms with Crippen LogP contribution in [0.15, 0.2) is 18.2 Å². The number of nitrogen functional groups attached to an aromatic ring is 1. The molecular formula is C13H17ClN2O3. The van der Waals surface area contributed by atoms with E-state index in [9.17, 15) is 14.7 Å². The minimum absolute atomic E-state index is 0.273. The highest BCUT2D eigenvalue weighted by atomic mass is 35.5. The first-order valence-electron chi connectivity index (χ1n) is 5.82. The minimum atomic E-state index is -1.29. The molecule has 0 aliphatic carbocycles. The smallest absolute Gasteiger partial charge is 0.329 e. The van der Waals surface area contributed by atoms with Gasteiger partial charge in [-0.3, -0.25) is 4.79 Å². The monoisotopic (exact) mass is 284 g/mol. The number of carboxylic acids is 1. The predicted molar refractivity (Wildman–Crippen MR) is 74.3 cm³/mol. The molecule has 0 spiro atoms. The summed E-state index contributed by atoms with van der Waals surface area (Å²) in [5, 5.41) is 9.47. The Morgan fingerprint density at radius 1 is 1.42 bits per heavy atom. The predicted octanol–water partition coefficient (Wildman–Crippen LogP) is 2.25. The van der Waals surface area contributed by atoms with Crippen LogP contribution in [0.25, 0.3) is 0 Å². The van der Waals surface area contributed by atoms with Crippen LogP contribution < -0.4 is 5.73 Å². The number of amides is 1. The zero-order valence-electron chi connectivity index (χ0n) is 11.1. The van der Waals surface area contributed by atoms with Gasteiger partial charge in [0.1, 0.15) is 5.54 Å². The molecule has 1 aromatic rings. The van der Waals surface area contributed by atoms with Crippen LogP contribution in [0.1, 0.15) is 31.1 Å². The Morgan fingerprint density at radius 2 is 2.00 bits per heavy atom. The highest BCUT2D eigenvalue weighted by Gasteiger charge is 2.37. The normalized spacial score (nSPS) is 11.2. The van der Waals surface area contributed by atoms with E-state index in [1.807, 2.05) is 0 Å². The van der Waals surface area contributed by atoms with Gasteiger partial charge in [0.2, 0.25) is 0 Å². The highest BCUT2D eigenvalue weighted by molar-refractivity contribution is 6.33. The molecular weight excluding hydrogens is 268 g/mol. The Morgan fingerprint density at radius 3 is 2.42 bits per heavy atom. The molecule has 0 unspecified atom stereocenters. The van der Waals surface area contributed by atoms with Crippen molar-refractivity contribution < 1.29 is 14.7 Å². The van der Waals surface area contributed by atoms with Gasteiger partial charge in [0, 0.05) is 12.1 Å². The summed E-state index contributed by atoms with van der Waals surface area (Å²) in [5.41, 5.74) is 4.98. The fraction of sp³-hybridized carbons (Fsp3) is 0.385. The third kappa shape index (κ3) is 2.98. The summed E-state index contributed by atoms with van der Waals surface area (Å²) in [6.45, 7) is 4.97. The van der Waals surface area contributed by atoms with Gasteiger partial charge >= 0.3 is 5.97 Å². The molecule has 1 rings (SSSR count). The van der Waals surface area contributed by atoms with Crippen LogP contribution >= 0.6 is 11.6 Å². The third-order valence-corrected chi connectivity index (χ3v) is 3.33. The van der Waals surface area contributed by atoms with Crippen LogP contribution in [-0.2, 0) is 4.79 Å². The maximum Gasteiger partial charge on any atom is 0.329 e. The van der Waals surface area contributed by atoms with Crippen molar-refractivity contribution in [3.05, 3.63) is 28.8 Å². The number of aliphatic carboxylic acids is 1. The van der Waals surface area contributed by atoms with Crippen molar-refractivity contribution in [2.24, 2.45) is 0 Å². The topological polar surface area (TPSA) is 83.6 Å². The maximum atomic E-state index is 12.4. The summed E-state index contributed by atoms with van der Waals surface area (Å²) in [6, 6.07) is 4.50. The second kappa shape index (κ2) is 5.48. The number of carbonyl (C=O) groups excluding carboxylic acids is 1. The van der Waals surface area contributed by atoms with E-state index in [1.165, 1.54) is 36.9 Å². The lowest BCUT2D eigenvalue weighted by Gasteiger charge is -2.34. The van der Waals surface area contributed by atoms with Gasteiger partial charge in [-0.15, -0.1) is 0 Å². The number of nitrogens with zero attached hydrogens (tertiary/aromatic N) is 1. The first-order valence-corrected chi connectivity index (χ1v) is 6.20. The van der Waals surface area contributed by atoms with Crippen molar-refractivity contribution in [3.8, 4) is 0 Å². The summed E-state index contributed by atoms with van der Waals surface area (Å²) in [7, 11) is 0. The van der Waals surface area contributed by atoms with Crippen molar-refractivity contribution in [2.75, 3.05) is 12.3 Å². The Balaban J connectivity index is 3.15. The van der Waals surface area contributed by atoms with Gasteiger partial charge in [0.25, 0.3) is 5.91 Å². The van der Waals surface area contributed by atoms with E-state index in [0.29, 0.717) is 11.3 Å². The molecule has 0 bridgehead atoms. The van der Waals surface area contributed by atoms with Crippen LogP contribution in [0.3, 0.4) is 0 Å². The number of hydrogen-bond acceptors (Lipinski definition) is 3. The fourth-order valence-corrected chi connectivity index (χ4v) is 1.90. The number of halogens is 1. The largest absolute Gasteiger partial charge is 0.480 e. The highest BCUT2D eigenvalue weighted by Crippen LogP contribution is 2.23. The molecule has 0 heterocycles. The quantitative estimate of drug-likeness (QED) is 0.831. The van der Waals surface area contributed by atoms with Crippen LogP contribution in [0.4, 0.5) is 5.69 Å². The van der Waals surface area contributed by atoms with E-state index in [0.717, 1.165) is 0 Å². The molecule has 3 N–H and O–H groups in total. The summed E-state index contributed by atoms with van der Waals surface area (Å²) < 4.78 is 0.